The first-order valence-electron chi connectivity index (χ1n) is 8.38. The molecule has 1 N–H and O–H groups in total. The van der Waals surface area contributed by atoms with Crippen molar-refractivity contribution in [2.75, 3.05) is 13.2 Å². The van der Waals surface area contributed by atoms with Crippen molar-refractivity contribution < 1.29 is 9.47 Å². The maximum Gasteiger partial charge on any atom is 0.165 e. The van der Waals surface area contributed by atoms with Crippen LogP contribution in [0.1, 0.15) is 17.2 Å². The van der Waals surface area contributed by atoms with Gasteiger partial charge in [-0.3, -0.25) is 4.68 Å². The summed E-state index contributed by atoms with van der Waals surface area (Å²) in [5.41, 5.74) is 2.30. The predicted octanol–water partition coefficient (Wildman–Crippen LogP) is 2.58. The van der Waals surface area contributed by atoms with Crippen molar-refractivity contribution in [2.24, 2.45) is 0 Å². The summed E-state index contributed by atoms with van der Waals surface area (Å²) < 4.78 is 13.3. The van der Waals surface area contributed by atoms with Crippen molar-refractivity contribution >= 4 is 0 Å². The monoisotopic (exact) mass is 336 g/mol. The molecule has 128 valence electrons. The molecule has 1 aromatic heterocycles. The zero-order chi connectivity index (χ0) is 16.9. The number of rotatable bonds is 6. The van der Waals surface area contributed by atoms with Crippen LogP contribution in [0, 0.1) is 0 Å². The number of aromatic nitrogens is 3. The molecule has 0 saturated heterocycles. The number of hydrogen-bond acceptors (Lipinski definition) is 5. The van der Waals surface area contributed by atoms with Crippen LogP contribution in [-0.4, -0.2) is 28.0 Å². The molecule has 0 spiro atoms. The van der Waals surface area contributed by atoms with Crippen LogP contribution in [0.5, 0.6) is 11.5 Å². The molecule has 0 aliphatic carbocycles. The van der Waals surface area contributed by atoms with Crippen LogP contribution < -0.4 is 14.8 Å². The molecule has 0 amide bonds. The van der Waals surface area contributed by atoms with Crippen molar-refractivity contribution in [3.05, 3.63) is 72.3 Å². The molecule has 1 aliphatic heterocycles. The summed E-state index contributed by atoms with van der Waals surface area (Å²) in [5, 5.41) is 7.84. The Labute approximate surface area is 146 Å². The standard InChI is InChI=1S/C19H20N4O2/c1-2-5-15(6-3-1)17(12-23-14-20-13-22-23)21-11-16-7-4-8-18-19(16)25-10-9-24-18/h1-8,13-14,17,21H,9-12H2. The number of fused-ring (bicyclic) bond motifs is 1. The van der Waals surface area contributed by atoms with E-state index in [1.807, 2.05) is 35.0 Å². The molecule has 0 fully saturated rings. The van der Waals surface area contributed by atoms with Gasteiger partial charge in [0, 0.05) is 12.1 Å². The van der Waals surface area contributed by atoms with Gasteiger partial charge in [-0.2, -0.15) is 5.10 Å². The molecule has 4 rings (SSSR count). The Balaban J connectivity index is 1.53. The number of nitrogens with zero attached hydrogens (tertiary/aromatic N) is 3. The smallest absolute Gasteiger partial charge is 0.165 e. The van der Waals surface area contributed by atoms with E-state index in [2.05, 4.69) is 33.6 Å². The van der Waals surface area contributed by atoms with Gasteiger partial charge in [0.15, 0.2) is 11.5 Å². The summed E-state index contributed by atoms with van der Waals surface area (Å²) >= 11 is 0. The first-order chi connectivity index (χ1) is 12.4. The first kappa shape index (κ1) is 15.7. The lowest BCUT2D eigenvalue weighted by molar-refractivity contribution is 0.169. The minimum Gasteiger partial charge on any atom is -0.486 e. The molecule has 0 bridgehead atoms. The molecule has 2 aromatic carbocycles. The zero-order valence-electron chi connectivity index (χ0n) is 13.8. The van der Waals surface area contributed by atoms with Crippen LogP contribution in [0.15, 0.2) is 61.2 Å². The lowest BCUT2D eigenvalue weighted by atomic mass is 10.1. The highest BCUT2D eigenvalue weighted by molar-refractivity contribution is 5.47. The second-order valence-electron chi connectivity index (χ2n) is 5.90. The normalized spacial score (nSPS) is 14.2. The highest BCUT2D eigenvalue weighted by atomic mass is 16.6. The average molecular weight is 336 g/mol. The molecule has 25 heavy (non-hydrogen) atoms. The van der Waals surface area contributed by atoms with E-state index in [-0.39, 0.29) is 6.04 Å². The average Bonchev–Trinajstić information content (AvgIpc) is 3.19. The molecule has 1 aliphatic rings. The van der Waals surface area contributed by atoms with Crippen LogP contribution in [-0.2, 0) is 13.1 Å². The summed E-state index contributed by atoms with van der Waals surface area (Å²) in [6.07, 6.45) is 3.29. The molecule has 2 heterocycles. The van der Waals surface area contributed by atoms with Gasteiger partial charge in [0.1, 0.15) is 25.9 Å². The molecule has 3 aromatic rings. The zero-order valence-corrected chi connectivity index (χ0v) is 13.8. The fraction of sp³-hybridized carbons (Fsp3) is 0.263. The fourth-order valence-electron chi connectivity index (χ4n) is 2.99. The number of ether oxygens (including phenoxy) is 2. The third kappa shape index (κ3) is 3.64. The van der Waals surface area contributed by atoms with Crippen LogP contribution in [0.3, 0.4) is 0 Å². The van der Waals surface area contributed by atoms with Crippen LogP contribution in [0.4, 0.5) is 0 Å². The van der Waals surface area contributed by atoms with Gasteiger partial charge >= 0.3 is 0 Å². The Hall–Kier alpha value is -2.86. The molecule has 6 nitrogen and oxygen atoms in total. The number of benzene rings is 2. The third-order valence-electron chi connectivity index (χ3n) is 4.22. The second-order valence-corrected chi connectivity index (χ2v) is 5.90. The maximum absolute atomic E-state index is 5.81. The van der Waals surface area contributed by atoms with Gasteiger partial charge in [0.25, 0.3) is 0 Å². The van der Waals surface area contributed by atoms with Crippen molar-refractivity contribution in [3.8, 4) is 11.5 Å². The van der Waals surface area contributed by atoms with Crippen molar-refractivity contribution in [3.63, 3.8) is 0 Å². The number of nitrogens with one attached hydrogen (secondary N) is 1. The van der Waals surface area contributed by atoms with Gasteiger partial charge in [-0.15, -0.1) is 0 Å². The second kappa shape index (κ2) is 7.36. The summed E-state index contributed by atoms with van der Waals surface area (Å²) in [6.45, 7) is 2.57. The van der Waals surface area contributed by atoms with Crippen molar-refractivity contribution in [1.29, 1.82) is 0 Å². The number of para-hydroxylation sites is 1. The van der Waals surface area contributed by atoms with Gasteiger partial charge in [-0.1, -0.05) is 42.5 Å². The van der Waals surface area contributed by atoms with Gasteiger partial charge in [0.05, 0.1) is 12.6 Å². The summed E-state index contributed by atoms with van der Waals surface area (Å²) in [5.74, 6) is 1.66. The van der Waals surface area contributed by atoms with E-state index in [4.69, 9.17) is 9.47 Å². The lowest BCUT2D eigenvalue weighted by Crippen LogP contribution is -2.26. The SMILES string of the molecule is c1ccc(C(Cn2cncn2)NCc2cccc3c2OCCO3)cc1. The van der Waals surface area contributed by atoms with E-state index < -0.39 is 0 Å². The molecule has 0 saturated carbocycles. The van der Waals surface area contributed by atoms with Gasteiger partial charge in [0.2, 0.25) is 0 Å². The number of hydrogen-bond donors (Lipinski definition) is 1. The van der Waals surface area contributed by atoms with Gasteiger partial charge in [-0.25, -0.2) is 4.98 Å². The quantitative estimate of drug-likeness (QED) is 0.750. The largest absolute Gasteiger partial charge is 0.486 e. The van der Waals surface area contributed by atoms with E-state index in [1.54, 1.807) is 12.7 Å². The Bertz CT molecular complexity index is 806. The van der Waals surface area contributed by atoms with E-state index in [0.717, 1.165) is 17.1 Å². The predicted molar refractivity (Wildman–Crippen MR) is 93.5 cm³/mol. The van der Waals surface area contributed by atoms with Crippen LogP contribution in [0.25, 0.3) is 0 Å². The topological polar surface area (TPSA) is 61.2 Å². The molecule has 1 atom stereocenters. The van der Waals surface area contributed by atoms with Crippen LogP contribution in [0.2, 0.25) is 0 Å². The van der Waals surface area contributed by atoms with E-state index in [1.165, 1.54) is 5.56 Å². The first-order valence-corrected chi connectivity index (χ1v) is 8.38. The Kier molecular flexibility index (Phi) is 4.61. The Morgan fingerprint density at radius 3 is 2.76 bits per heavy atom. The summed E-state index contributed by atoms with van der Waals surface area (Å²) in [4.78, 5) is 4.03. The third-order valence-corrected chi connectivity index (χ3v) is 4.22. The molecular formula is C19H20N4O2. The maximum atomic E-state index is 5.81. The van der Waals surface area contributed by atoms with Crippen molar-refractivity contribution in [1.82, 2.24) is 20.1 Å². The van der Waals surface area contributed by atoms with Crippen LogP contribution >= 0.6 is 0 Å². The molecule has 6 heteroatoms. The van der Waals surface area contributed by atoms with E-state index in [9.17, 15) is 0 Å². The summed E-state index contributed by atoms with van der Waals surface area (Å²) in [7, 11) is 0. The molecule has 1 unspecified atom stereocenters. The van der Waals surface area contributed by atoms with Crippen molar-refractivity contribution in [2.45, 2.75) is 19.1 Å². The Morgan fingerprint density at radius 1 is 1.04 bits per heavy atom. The minimum atomic E-state index is 0.114. The highest BCUT2D eigenvalue weighted by Gasteiger charge is 2.17. The fourth-order valence-corrected chi connectivity index (χ4v) is 2.99. The minimum absolute atomic E-state index is 0.114. The van der Waals surface area contributed by atoms with Gasteiger partial charge < -0.3 is 14.8 Å². The van der Waals surface area contributed by atoms with E-state index >= 15 is 0 Å². The summed E-state index contributed by atoms with van der Waals surface area (Å²) in [6, 6.07) is 16.5. The highest BCUT2D eigenvalue weighted by Crippen LogP contribution is 2.33. The molecular weight excluding hydrogens is 316 g/mol. The Morgan fingerprint density at radius 2 is 1.92 bits per heavy atom. The van der Waals surface area contributed by atoms with Gasteiger partial charge in [-0.05, 0) is 11.6 Å². The lowest BCUT2D eigenvalue weighted by Gasteiger charge is -2.23. The molecule has 0 radical (unpaired) electrons. The van der Waals surface area contributed by atoms with E-state index in [0.29, 0.717) is 26.3 Å².